The zero-order valence-electron chi connectivity index (χ0n) is 12.7. The van der Waals surface area contributed by atoms with Gasteiger partial charge in [-0.1, -0.05) is 20.3 Å². The lowest BCUT2D eigenvalue weighted by Crippen LogP contribution is -2.47. The molecule has 2 aliphatic rings. The lowest BCUT2D eigenvalue weighted by atomic mass is 10.1. The van der Waals surface area contributed by atoms with Gasteiger partial charge in [-0.3, -0.25) is 14.5 Å². The van der Waals surface area contributed by atoms with Gasteiger partial charge in [0.1, 0.15) is 0 Å². The Labute approximate surface area is 126 Å². The highest BCUT2D eigenvalue weighted by molar-refractivity contribution is 7.99. The van der Waals surface area contributed by atoms with Crippen LogP contribution >= 0.6 is 11.8 Å². The average molecular weight is 298 g/mol. The molecule has 2 fully saturated rings. The van der Waals surface area contributed by atoms with Gasteiger partial charge >= 0.3 is 0 Å². The predicted molar refractivity (Wildman–Crippen MR) is 82.7 cm³/mol. The number of likely N-dealkylation sites (tertiary alicyclic amines) is 1. The Kier molecular flexibility index (Phi) is 5.49. The topological polar surface area (TPSA) is 49.4 Å². The van der Waals surface area contributed by atoms with Crippen molar-refractivity contribution in [2.24, 2.45) is 0 Å². The lowest BCUT2D eigenvalue weighted by molar-refractivity contribution is -0.141. The lowest BCUT2D eigenvalue weighted by Gasteiger charge is -2.26. The van der Waals surface area contributed by atoms with E-state index in [1.54, 1.807) is 0 Å². The number of carbonyl (C=O) groups excluding carboxylic acids is 2. The Balaban J connectivity index is 2.01. The van der Waals surface area contributed by atoms with Gasteiger partial charge < -0.3 is 5.32 Å². The minimum atomic E-state index is -0.291. The van der Waals surface area contributed by atoms with Crippen LogP contribution in [0.5, 0.6) is 0 Å². The van der Waals surface area contributed by atoms with E-state index in [4.69, 9.17) is 0 Å². The molecule has 0 aromatic carbocycles. The first-order chi connectivity index (χ1) is 9.62. The molecule has 1 aliphatic heterocycles. The van der Waals surface area contributed by atoms with E-state index in [-0.39, 0.29) is 23.9 Å². The number of hydrogen-bond donors (Lipinski definition) is 1. The zero-order valence-corrected chi connectivity index (χ0v) is 13.5. The largest absolute Gasteiger partial charge is 0.302 e. The minimum absolute atomic E-state index is 0.0000940. The molecule has 3 atom stereocenters. The fourth-order valence-electron chi connectivity index (χ4n) is 3.48. The van der Waals surface area contributed by atoms with Crippen molar-refractivity contribution in [3.8, 4) is 0 Å². The smallest absolute Gasteiger partial charge is 0.247 e. The molecule has 4 nitrogen and oxygen atoms in total. The van der Waals surface area contributed by atoms with Crippen LogP contribution in [0.25, 0.3) is 0 Å². The number of thioether (sulfide) groups is 1. The van der Waals surface area contributed by atoms with Gasteiger partial charge in [-0.2, -0.15) is 11.8 Å². The minimum Gasteiger partial charge on any atom is -0.302 e. The van der Waals surface area contributed by atoms with E-state index < -0.39 is 0 Å². The van der Waals surface area contributed by atoms with Gasteiger partial charge in [0.25, 0.3) is 0 Å². The first kappa shape index (κ1) is 15.8. The molecule has 1 saturated carbocycles. The quantitative estimate of drug-likeness (QED) is 0.764. The van der Waals surface area contributed by atoms with Crippen LogP contribution in [0.15, 0.2) is 0 Å². The third-order valence-corrected chi connectivity index (χ3v) is 5.83. The third-order valence-electron chi connectivity index (χ3n) is 4.66. The SMILES string of the molecule is CCC(CC)N1C(=O)CC(NC2CCCC2SC)C1=O. The summed E-state index contributed by atoms with van der Waals surface area (Å²) in [6.07, 6.45) is 7.71. The maximum Gasteiger partial charge on any atom is 0.247 e. The summed E-state index contributed by atoms with van der Waals surface area (Å²) in [4.78, 5) is 26.1. The molecule has 0 spiro atoms. The summed E-state index contributed by atoms with van der Waals surface area (Å²) in [6, 6.07) is 0.163. The van der Waals surface area contributed by atoms with Gasteiger partial charge in [-0.05, 0) is 31.9 Å². The number of nitrogens with zero attached hydrogens (tertiary/aromatic N) is 1. The molecule has 2 rings (SSSR count). The molecule has 1 heterocycles. The second-order valence-electron chi connectivity index (χ2n) is 5.81. The van der Waals surface area contributed by atoms with E-state index in [2.05, 4.69) is 11.6 Å². The van der Waals surface area contributed by atoms with Crippen molar-refractivity contribution >= 4 is 23.6 Å². The van der Waals surface area contributed by atoms with Gasteiger partial charge in [-0.15, -0.1) is 0 Å². The van der Waals surface area contributed by atoms with Crippen molar-refractivity contribution in [3.05, 3.63) is 0 Å². The Hall–Kier alpha value is -0.550. The second kappa shape index (κ2) is 6.94. The molecule has 114 valence electrons. The van der Waals surface area contributed by atoms with Gasteiger partial charge in [0.15, 0.2) is 0 Å². The highest BCUT2D eigenvalue weighted by Crippen LogP contribution is 2.30. The summed E-state index contributed by atoms with van der Waals surface area (Å²) >= 11 is 1.87. The van der Waals surface area contributed by atoms with Crippen molar-refractivity contribution in [2.45, 2.75) is 75.7 Å². The Morgan fingerprint density at radius 3 is 2.60 bits per heavy atom. The predicted octanol–water partition coefficient (Wildman–Crippen LogP) is 2.18. The first-order valence-electron chi connectivity index (χ1n) is 7.77. The molecule has 0 aromatic heterocycles. The third kappa shape index (κ3) is 3.03. The van der Waals surface area contributed by atoms with Crippen LogP contribution in [0.4, 0.5) is 0 Å². The molecule has 1 N–H and O–H groups in total. The number of hydrogen-bond acceptors (Lipinski definition) is 4. The summed E-state index contributed by atoms with van der Waals surface area (Å²) in [6.45, 7) is 4.08. The van der Waals surface area contributed by atoms with E-state index in [1.807, 2.05) is 25.6 Å². The first-order valence-corrected chi connectivity index (χ1v) is 9.05. The van der Waals surface area contributed by atoms with Crippen LogP contribution in [0.2, 0.25) is 0 Å². The number of nitrogens with one attached hydrogen (secondary N) is 1. The number of rotatable bonds is 6. The van der Waals surface area contributed by atoms with Gasteiger partial charge in [0.05, 0.1) is 12.5 Å². The van der Waals surface area contributed by atoms with Crippen LogP contribution in [0, 0.1) is 0 Å². The Morgan fingerprint density at radius 1 is 1.30 bits per heavy atom. The molecule has 2 amide bonds. The number of carbonyl (C=O) groups is 2. The molecule has 1 aliphatic carbocycles. The summed E-state index contributed by atoms with van der Waals surface area (Å²) in [5.74, 6) is -0.00430. The van der Waals surface area contributed by atoms with Gasteiger partial charge in [-0.25, -0.2) is 0 Å². The summed E-state index contributed by atoms with van der Waals surface area (Å²) < 4.78 is 0. The maximum atomic E-state index is 12.5. The van der Waals surface area contributed by atoms with Crippen molar-refractivity contribution in [1.29, 1.82) is 0 Å². The molecule has 5 heteroatoms. The normalized spacial score (nSPS) is 30.8. The molecule has 3 unspecified atom stereocenters. The van der Waals surface area contributed by atoms with Crippen molar-refractivity contribution in [1.82, 2.24) is 10.2 Å². The highest BCUT2D eigenvalue weighted by Gasteiger charge is 2.43. The molecular weight excluding hydrogens is 272 g/mol. The average Bonchev–Trinajstić information content (AvgIpc) is 2.99. The molecule has 1 saturated heterocycles. The van der Waals surface area contributed by atoms with Crippen molar-refractivity contribution in [3.63, 3.8) is 0 Å². The van der Waals surface area contributed by atoms with Gasteiger partial charge in [0, 0.05) is 17.3 Å². The maximum absolute atomic E-state index is 12.5. The Morgan fingerprint density at radius 2 is 2.00 bits per heavy atom. The summed E-state index contributed by atoms with van der Waals surface area (Å²) in [5, 5.41) is 4.04. The fourth-order valence-corrected chi connectivity index (χ4v) is 4.42. The molecule has 0 radical (unpaired) electrons. The molecule has 20 heavy (non-hydrogen) atoms. The molecule has 0 bridgehead atoms. The van der Waals surface area contributed by atoms with Crippen LogP contribution in [-0.4, -0.2) is 46.3 Å². The van der Waals surface area contributed by atoms with Crippen molar-refractivity contribution in [2.75, 3.05) is 6.26 Å². The van der Waals surface area contributed by atoms with Crippen LogP contribution in [0.1, 0.15) is 52.4 Å². The monoisotopic (exact) mass is 298 g/mol. The molecular formula is C15H26N2O2S. The highest BCUT2D eigenvalue weighted by atomic mass is 32.2. The fraction of sp³-hybridized carbons (Fsp3) is 0.867. The van der Waals surface area contributed by atoms with Crippen molar-refractivity contribution < 1.29 is 9.59 Å². The van der Waals surface area contributed by atoms with E-state index in [0.29, 0.717) is 17.7 Å². The van der Waals surface area contributed by atoms with Gasteiger partial charge in [0.2, 0.25) is 11.8 Å². The standard InChI is InChI=1S/C15H26N2O2S/c1-4-10(5-2)17-14(18)9-12(15(17)19)16-11-7-6-8-13(11)20-3/h10-13,16H,4-9H2,1-3H3. The van der Waals surface area contributed by atoms with E-state index in [0.717, 1.165) is 19.3 Å². The van der Waals surface area contributed by atoms with Crippen LogP contribution in [0.3, 0.4) is 0 Å². The van der Waals surface area contributed by atoms with E-state index in [1.165, 1.54) is 17.7 Å². The van der Waals surface area contributed by atoms with E-state index in [9.17, 15) is 9.59 Å². The summed E-state index contributed by atoms with van der Waals surface area (Å²) in [5.41, 5.74) is 0. The Bertz CT molecular complexity index is 371. The van der Waals surface area contributed by atoms with Crippen LogP contribution in [-0.2, 0) is 9.59 Å². The number of amides is 2. The summed E-state index contributed by atoms with van der Waals surface area (Å²) in [7, 11) is 0. The van der Waals surface area contributed by atoms with E-state index >= 15 is 0 Å². The number of imide groups is 1. The molecule has 0 aromatic rings. The van der Waals surface area contributed by atoms with Crippen LogP contribution < -0.4 is 5.32 Å². The second-order valence-corrected chi connectivity index (χ2v) is 6.88. The zero-order chi connectivity index (χ0) is 14.7.